The number of anilines is 1. The molecule has 146 valence electrons. The molecule has 1 aromatic rings. The molecule has 9 heteroatoms. The summed E-state index contributed by atoms with van der Waals surface area (Å²) >= 11 is 0. The number of ether oxygens (including phenoxy) is 3. The summed E-state index contributed by atoms with van der Waals surface area (Å²) in [5.74, 6) is 0.0860. The predicted octanol–water partition coefficient (Wildman–Crippen LogP) is 1.90. The number of amides is 2. The largest absolute Gasteiger partial charge is 0.463 e. The third kappa shape index (κ3) is 4.49. The van der Waals surface area contributed by atoms with E-state index in [4.69, 9.17) is 14.2 Å². The van der Waals surface area contributed by atoms with Crippen molar-refractivity contribution in [2.75, 3.05) is 39.7 Å². The summed E-state index contributed by atoms with van der Waals surface area (Å²) in [5, 5.41) is 2.38. The van der Waals surface area contributed by atoms with Crippen LogP contribution in [0.2, 0.25) is 0 Å². The van der Waals surface area contributed by atoms with E-state index in [9.17, 15) is 14.4 Å². The van der Waals surface area contributed by atoms with E-state index in [-0.39, 0.29) is 24.5 Å². The molecule has 1 aliphatic rings. The molecule has 2 rings (SSSR count). The molecule has 1 heterocycles. The quantitative estimate of drug-likeness (QED) is 0.801. The Morgan fingerprint density at radius 1 is 1.19 bits per heavy atom. The molecule has 0 aromatic heterocycles. The summed E-state index contributed by atoms with van der Waals surface area (Å²) in [6.07, 6.45) is 0.574. The zero-order valence-corrected chi connectivity index (χ0v) is 16.0. The zero-order valence-electron chi connectivity index (χ0n) is 16.0. The summed E-state index contributed by atoms with van der Waals surface area (Å²) < 4.78 is 15.8. The van der Waals surface area contributed by atoms with Crippen molar-refractivity contribution in [3.63, 3.8) is 0 Å². The third-order valence-electron chi connectivity index (χ3n) is 3.78. The molecule has 0 saturated heterocycles. The van der Waals surface area contributed by atoms with E-state index >= 15 is 0 Å². The van der Waals surface area contributed by atoms with E-state index in [2.05, 4.69) is 5.32 Å². The van der Waals surface area contributed by atoms with Crippen molar-refractivity contribution >= 4 is 23.8 Å². The van der Waals surface area contributed by atoms with Gasteiger partial charge in [0.15, 0.2) is 5.75 Å². The molecule has 1 aromatic carbocycles. The minimum atomic E-state index is -0.635. The van der Waals surface area contributed by atoms with Gasteiger partial charge in [0.2, 0.25) is 0 Å². The van der Waals surface area contributed by atoms with Gasteiger partial charge in [0.05, 0.1) is 17.9 Å². The fourth-order valence-electron chi connectivity index (χ4n) is 2.55. The lowest BCUT2D eigenvalue weighted by molar-refractivity contribution is -0.138. The second-order valence-corrected chi connectivity index (χ2v) is 5.95. The van der Waals surface area contributed by atoms with Gasteiger partial charge in [-0.3, -0.25) is 0 Å². The van der Waals surface area contributed by atoms with Crippen LogP contribution in [0.1, 0.15) is 12.5 Å². The first-order chi connectivity index (χ1) is 12.8. The average Bonchev–Trinajstić information content (AvgIpc) is 2.63. The Bertz CT molecular complexity index is 788. The first-order valence-electron chi connectivity index (χ1n) is 8.33. The highest BCUT2D eigenvalue weighted by Crippen LogP contribution is 2.42. The van der Waals surface area contributed by atoms with E-state index in [1.807, 2.05) is 0 Å². The van der Waals surface area contributed by atoms with Crippen LogP contribution < -0.4 is 19.7 Å². The Morgan fingerprint density at radius 2 is 1.85 bits per heavy atom. The lowest BCUT2D eigenvalue weighted by atomic mass is 9.98. The number of hydrogen-bond acceptors (Lipinski definition) is 7. The van der Waals surface area contributed by atoms with Gasteiger partial charge in [-0.25, -0.2) is 14.4 Å². The monoisotopic (exact) mass is 377 g/mol. The topological polar surface area (TPSA) is 97.4 Å². The Labute approximate surface area is 157 Å². The van der Waals surface area contributed by atoms with Gasteiger partial charge in [0.1, 0.15) is 5.75 Å². The molecule has 0 fully saturated rings. The van der Waals surface area contributed by atoms with E-state index in [0.717, 1.165) is 0 Å². The Balaban J connectivity index is 2.50. The van der Waals surface area contributed by atoms with Crippen LogP contribution in [0, 0.1) is 0 Å². The van der Waals surface area contributed by atoms with Crippen LogP contribution in [-0.2, 0) is 16.0 Å². The molecule has 27 heavy (non-hydrogen) atoms. The van der Waals surface area contributed by atoms with Crippen LogP contribution in [0.25, 0.3) is 0 Å². The van der Waals surface area contributed by atoms with Crippen LogP contribution in [0.5, 0.6) is 11.5 Å². The van der Waals surface area contributed by atoms with E-state index in [1.165, 1.54) is 24.1 Å². The Morgan fingerprint density at radius 3 is 2.44 bits per heavy atom. The summed E-state index contributed by atoms with van der Waals surface area (Å²) in [5.41, 5.74) is 1.46. The first kappa shape index (κ1) is 20.1. The van der Waals surface area contributed by atoms with Gasteiger partial charge in [0, 0.05) is 46.4 Å². The molecule has 0 unspecified atom stereocenters. The summed E-state index contributed by atoms with van der Waals surface area (Å²) in [6.45, 7) is 1.97. The van der Waals surface area contributed by atoms with E-state index < -0.39 is 18.2 Å². The summed E-state index contributed by atoms with van der Waals surface area (Å²) in [4.78, 5) is 38.7. The molecule has 0 atom stereocenters. The standard InChI is InChI=1S/C18H23N3O6/c1-6-25-16(22)11-9-12-13(27-18(24)20(3)4)7-8-14(26-17(23)19-2)15(12)21(5)10-11/h7-8,10H,6,9H2,1-5H3,(H,19,23). The van der Waals surface area contributed by atoms with E-state index in [0.29, 0.717) is 16.8 Å². The average molecular weight is 377 g/mol. The maximum atomic E-state index is 12.2. The number of benzene rings is 1. The van der Waals surface area contributed by atoms with Crippen LogP contribution >= 0.6 is 0 Å². The number of carbonyl (C=O) groups excluding carboxylic acids is 3. The molecule has 2 amide bonds. The fourth-order valence-corrected chi connectivity index (χ4v) is 2.55. The molecule has 9 nitrogen and oxygen atoms in total. The number of rotatable bonds is 4. The fraction of sp³-hybridized carbons (Fsp3) is 0.389. The number of carbonyl (C=O) groups is 3. The first-order valence-corrected chi connectivity index (χ1v) is 8.33. The second kappa shape index (κ2) is 8.43. The molecule has 0 spiro atoms. The van der Waals surface area contributed by atoms with Crippen LogP contribution in [0.15, 0.2) is 23.9 Å². The minimum Gasteiger partial charge on any atom is -0.463 e. The minimum absolute atomic E-state index is 0.166. The molecule has 0 bridgehead atoms. The number of fused-ring (bicyclic) bond motifs is 1. The van der Waals surface area contributed by atoms with E-state index in [1.54, 1.807) is 39.2 Å². The number of nitrogens with zero attached hydrogens (tertiary/aromatic N) is 2. The molecule has 1 aliphatic heterocycles. The van der Waals surface area contributed by atoms with Crippen LogP contribution in [-0.4, -0.2) is 57.9 Å². The number of hydrogen-bond donors (Lipinski definition) is 1. The summed E-state index contributed by atoms with van der Waals surface area (Å²) in [7, 11) is 6.28. The Kier molecular flexibility index (Phi) is 6.27. The van der Waals surface area contributed by atoms with Gasteiger partial charge in [-0.2, -0.15) is 0 Å². The molecular formula is C18H23N3O6. The van der Waals surface area contributed by atoms with Gasteiger partial charge < -0.3 is 29.3 Å². The number of esters is 1. The molecule has 0 aliphatic carbocycles. The van der Waals surface area contributed by atoms with Crippen LogP contribution in [0.4, 0.5) is 15.3 Å². The van der Waals surface area contributed by atoms with Gasteiger partial charge in [-0.1, -0.05) is 0 Å². The van der Waals surface area contributed by atoms with Crippen molar-refractivity contribution in [2.45, 2.75) is 13.3 Å². The van der Waals surface area contributed by atoms with Gasteiger partial charge >= 0.3 is 18.2 Å². The highest BCUT2D eigenvalue weighted by molar-refractivity contribution is 5.92. The molecule has 1 N–H and O–H groups in total. The maximum Gasteiger partial charge on any atom is 0.414 e. The molecular weight excluding hydrogens is 354 g/mol. The zero-order chi connectivity index (χ0) is 20.1. The lowest BCUT2D eigenvalue weighted by Crippen LogP contribution is -2.28. The Hall–Kier alpha value is -3.23. The van der Waals surface area contributed by atoms with Crippen molar-refractivity contribution in [1.82, 2.24) is 10.2 Å². The van der Waals surface area contributed by atoms with Crippen molar-refractivity contribution in [1.29, 1.82) is 0 Å². The van der Waals surface area contributed by atoms with Crippen molar-refractivity contribution in [2.24, 2.45) is 0 Å². The smallest absolute Gasteiger partial charge is 0.414 e. The number of nitrogens with one attached hydrogen (secondary N) is 1. The summed E-state index contributed by atoms with van der Waals surface area (Å²) in [6, 6.07) is 3.06. The molecule has 0 radical (unpaired) electrons. The van der Waals surface area contributed by atoms with Gasteiger partial charge in [0.25, 0.3) is 0 Å². The molecule has 0 saturated carbocycles. The highest BCUT2D eigenvalue weighted by atomic mass is 16.6. The third-order valence-corrected chi connectivity index (χ3v) is 3.78. The SMILES string of the molecule is CCOC(=O)C1=CN(C)c2c(OC(=O)NC)ccc(OC(=O)N(C)C)c2C1. The van der Waals surface area contributed by atoms with Crippen molar-refractivity contribution in [3.05, 3.63) is 29.5 Å². The van der Waals surface area contributed by atoms with Crippen molar-refractivity contribution in [3.8, 4) is 11.5 Å². The normalized spacial score (nSPS) is 12.5. The maximum absolute atomic E-state index is 12.2. The van der Waals surface area contributed by atoms with Gasteiger partial charge in [-0.05, 0) is 19.1 Å². The van der Waals surface area contributed by atoms with Crippen molar-refractivity contribution < 1.29 is 28.6 Å². The second-order valence-electron chi connectivity index (χ2n) is 5.95. The highest BCUT2D eigenvalue weighted by Gasteiger charge is 2.28. The van der Waals surface area contributed by atoms with Crippen LogP contribution in [0.3, 0.4) is 0 Å². The lowest BCUT2D eigenvalue weighted by Gasteiger charge is -2.28. The predicted molar refractivity (Wildman–Crippen MR) is 98.1 cm³/mol. The van der Waals surface area contributed by atoms with Gasteiger partial charge in [-0.15, -0.1) is 0 Å².